The normalized spacial score (nSPS) is 33.0. The highest BCUT2D eigenvalue weighted by Gasteiger charge is 2.31. The lowest BCUT2D eigenvalue weighted by Crippen LogP contribution is -2.39. The molecule has 3 nitrogen and oxygen atoms in total. The molecule has 0 bridgehead atoms. The van der Waals surface area contributed by atoms with E-state index in [1.807, 2.05) is 0 Å². The van der Waals surface area contributed by atoms with E-state index in [-0.39, 0.29) is 6.10 Å². The molecule has 2 aliphatic heterocycles. The van der Waals surface area contributed by atoms with E-state index >= 15 is 0 Å². The van der Waals surface area contributed by atoms with Gasteiger partial charge in [0.1, 0.15) is 0 Å². The van der Waals surface area contributed by atoms with Gasteiger partial charge >= 0.3 is 0 Å². The molecular weight excluding hydrogens is 236 g/mol. The topological polar surface area (TPSA) is 26.7 Å². The molecule has 2 saturated heterocycles. The van der Waals surface area contributed by atoms with Gasteiger partial charge in [-0.25, -0.2) is 0 Å². The highest BCUT2D eigenvalue weighted by atomic mass is 16.3. The van der Waals surface area contributed by atoms with Crippen molar-refractivity contribution in [3.8, 4) is 0 Å². The largest absolute Gasteiger partial charge is 0.392 e. The third-order valence-corrected chi connectivity index (χ3v) is 5.54. The standard InChI is InChI=1S/C16H30N2O/c19-16(14-6-2-1-3-7-14)13-17-11-8-15(12-17)18-9-4-5-10-18/h14-16,19H,1-13H2. The van der Waals surface area contributed by atoms with Gasteiger partial charge in [0.25, 0.3) is 0 Å². The van der Waals surface area contributed by atoms with Crippen molar-refractivity contribution in [2.75, 3.05) is 32.7 Å². The Kier molecular flexibility index (Phi) is 4.78. The third-order valence-electron chi connectivity index (χ3n) is 5.54. The summed E-state index contributed by atoms with van der Waals surface area (Å²) < 4.78 is 0. The second-order valence-electron chi connectivity index (χ2n) is 6.91. The van der Waals surface area contributed by atoms with Gasteiger partial charge in [0, 0.05) is 19.1 Å². The molecule has 1 aliphatic carbocycles. The molecule has 3 aliphatic rings. The first kappa shape index (κ1) is 13.8. The summed E-state index contributed by atoms with van der Waals surface area (Å²) >= 11 is 0. The molecule has 0 radical (unpaired) electrons. The number of β-amino-alcohol motifs (C(OH)–C–C–N with tert-alkyl or cyclic N) is 1. The van der Waals surface area contributed by atoms with E-state index in [0.29, 0.717) is 5.92 Å². The maximum Gasteiger partial charge on any atom is 0.0695 e. The fourth-order valence-corrected chi connectivity index (χ4v) is 4.32. The number of nitrogens with zero attached hydrogens (tertiary/aromatic N) is 2. The third kappa shape index (κ3) is 3.50. The summed E-state index contributed by atoms with van der Waals surface area (Å²) in [7, 11) is 0. The predicted octanol–water partition coefficient (Wildman–Crippen LogP) is 2.10. The van der Waals surface area contributed by atoms with Gasteiger partial charge in [-0.3, -0.25) is 9.80 Å². The molecule has 110 valence electrons. The molecule has 0 amide bonds. The van der Waals surface area contributed by atoms with Gasteiger partial charge in [0.15, 0.2) is 0 Å². The van der Waals surface area contributed by atoms with Crippen LogP contribution in [0.4, 0.5) is 0 Å². The average molecular weight is 266 g/mol. The van der Waals surface area contributed by atoms with E-state index in [0.717, 1.165) is 12.6 Å². The molecule has 3 heteroatoms. The highest BCUT2D eigenvalue weighted by molar-refractivity contribution is 4.87. The van der Waals surface area contributed by atoms with Crippen molar-refractivity contribution in [1.29, 1.82) is 0 Å². The van der Waals surface area contributed by atoms with Crippen LogP contribution in [0.1, 0.15) is 51.4 Å². The van der Waals surface area contributed by atoms with Crippen LogP contribution in [-0.4, -0.2) is 59.8 Å². The van der Waals surface area contributed by atoms with Gasteiger partial charge in [0.05, 0.1) is 6.10 Å². The fourth-order valence-electron chi connectivity index (χ4n) is 4.32. The van der Waals surface area contributed by atoms with Crippen LogP contribution in [0.2, 0.25) is 0 Å². The van der Waals surface area contributed by atoms with Crippen LogP contribution in [0.5, 0.6) is 0 Å². The molecule has 0 aromatic rings. The molecule has 0 spiro atoms. The molecule has 3 rings (SSSR count). The first-order chi connectivity index (χ1) is 9.33. The smallest absolute Gasteiger partial charge is 0.0695 e. The number of hydrogen-bond acceptors (Lipinski definition) is 3. The highest BCUT2D eigenvalue weighted by Crippen LogP contribution is 2.28. The lowest BCUT2D eigenvalue weighted by molar-refractivity contribution is 0.0524. The van der Waals surface area contributed by atoms with Crippen LogP contribution in [-0.2, 0) is 0 Å². The number of hydrogen-bond donors (Lipinski definition) is 1. The second-order valence-corrected chi connectivity index (χ2v) is 6.91. The maximum atomic E-state index is 10.4. The summed E-state index contributed by atoms with van der Waals surface area (Å²) in [5.74, 6) is 0.583. The lowest BCUT2D eigenvalue weighted by Gasteiger charge is -2.30. The van der Waals surface area contributed by atoms with E-state index in [4.69, 9.17) is 0 Å². The Labute approximate surface area is 118 Å². The van der Waals surface area contributed by atoms with E-state index < -0.39 is 0 Å². The Balaban J connectivity index is 1.43. The van der Waals surface area contributed by atoms with E-state index in [1.165, 1.54) is 77.5 Å². The van der Waals surface area contributed by atoms with E-state index in [1.54, 1.807) is 0 Å². The Hall–Kier alpha value is -0.120. The Morgan fingerprint density at radius 3 is 2.37 bits per heavy atom. The maximum absolute atomic E-state index is 10.4. The van der Waals surface area contributed by atoms with Crippen molar-refractivity contribution in [3.63, 3.8) is 0 Å². The number of aliphatic hydroxyl groups excluding tert-OH is 1. The van der Waals surface area contributed by atoms with Gasteiger partial charge < -0.3 is 5.11 Å². The number of likely N-dealkylation sites (tertiary alicyclic amines) is 2. The van der Waals surface area contributed by atoms with Gasteiger partial charge in [-0.1, -0.05) is 19.3 Å². The zero-order chi connectivity index (χ0) is 13.1. The summed E-state index contributed by atoms with van der Waals surface area (Å²) in [5, 5.41) is 10.4. The lowest BCUT2D eigenvalue weighted by atomic mass is 9.85. The minimum absolute atomic E-state index is 0.0716. The molecule has 2 heterocycles. The quantitative estimate of drug-likeness (QED) is 0.844. The Bertz CT molecular complexity index is 272. The van der Waals surface area contributed by atoms with Gasteiger partial charge in [0.2, 0.25) is 0 Å². The summed E-state index contributed by atoms with van der Waals surface area (Å²) in [6.45, 7) is 5.94. The molecule has 1 N–H and O–H groups in total. The van der Waals surface area contributed by atoms with Crippen molar-refractivity contribution >= 4 is 0 Å². The van der Waals surface area contributed by atoms with Crippen molar-refractivity contribution in [3.05, 3.63) is 0 Å². The van der Waals surface area contributed by atoms with Crippen molar-refractivity contribution in [2.24, 2.45) is 5.92 Å². The van der Waals surface area contributed by atoms with Crippen LogP contribution in [0.3, 0.4) is 0 Å². The predicted molar refractivity (Wildman–Crippen MR) is 78.2 cm³/mol. The molecular formula is C16H30N2O. The van der Waals surface area contributed by atoms with Crippen LogP contribution in [0.25, 0.3) is 0 Å². The molecule has 0 aromatic heterocycles. The summed E-state index contributed by atoms with van der Waals surface area (Å²) in [6, 6.07) is 0.779. The average Bonchev–Trinajstić information content (AvgIpc) is 3.10. The minimum atomic E-state index is -0.0716. The molecule has 2 atom stereocenters. The van der Waals surface area contributed by atoms with Gasteiger partial charge in [-0.2, -0.15) is 0 Å². The van der Waals surface area contributed by atoms with Crippen molar-refractivity contribution in [1.82, 2.24) is 9.80 Å². The monoisotopic (exact) mass is 266 g/mol. The van der Waals surface area contributed by atoms with Crippen molar-refractivity contribution in [2.45, 2.75) is 63.5 Å². The second kappa shape index (κ2) is 6.55. The number of aliphatic hydroxyl groups is 1. The molecule has 1 saturated carbocycles. The molecule has 2 unspecified atom stereocenters. The van der Waals surface area contributed by atoms with E-state index in [2.05, 4.69) is 9.80 Å². The first-order valence-corrected chi connectivity index (χ1v) is 8.47. The molecule has 0 aromatic carbocycles. The van der Waals surface area contributed by atoms with Crippen LogP contribution >= 0.6 is 0 Å². The van der Waals surface area contributed by atoms with Crippen LogP contribution < -0.4 is 0 Å². The summed E-state index contributed by atoms with van der Waals surface area (Å²) in [5.41, 5.74) is 0. The van der Waals surface area contributed by atoms with Gasteiger partial charge in [-0.15, -0.1) is 0 Å². The SMILES string of the molecule is OC(CN1CCC(N2CCCC2)C1)C1CCCCC1. The summed E-state index contributed by atoms with van der Waals surface area (Å²) in [4.78, 5) is 5.19. The zero-order valence-corrected chi connectivity index (χ0v) is 12.3. The minimum Gasteiger partial charge on any atom is -0.392 e. The summed E-state index contributed by atoms with van der Waals surface area (Å²) in [6.07, 6.45) is 10.6. The molecule has 3 fully saturated rings. The fraction of sp³-hybridized carbons (Fsp3) is 1.00. The zero-order valence-electron chi connectivity index (χ0n) is 12.3. The first-order valence-electron chi connectivity index (χ1n) is 8.47. The Morgan fingerprint density at radius 1 is 0.895 bits per heavy atom. The van der Waals surface area contributed by atoms with Crippen LogP contribution in [0.15, 0.2) is 0 Å². The van der Waals surface area contributed by atoms with Gasteiger partial charge in [-0.05, 0) is 57.7 Å². The Morgan fingerprint density at radius 2 is 1.63 bits per heavy atom. The molecule has 19 heavy (non-hydrogen) atoms. The van der Waals surface area contributed by atoms with Crippen LogP contribution in [0, 0.1) is 5.92 Å². The van der Waals surface area contributed by atoms with Crippen molar-refractivity contribution < 1.29 is 5.11 Å². The van der Waals surface area contributed by atoms with E-state index in [9.17, 15) is 5.11 Å². The number of rotatable bonds is 4.